The second-order valence-electron chi connectivity index (χ2n) is 4.67. The van der Waals surface area contributed by atoms with Gasteiger partial charge in [0.2, 0.25) is 0 Å². The molecule has 7 nitrogen and oxygen atoms in total. The average molecular weight is 299 g/mol. The lowest BCUT2D eigenvalue weighted by Crippen LogP contribution is -2.39. The molecule has 0 aliphatic rings. The minimum absolute atomic E-state index is 0.0749. The Balaban J connectivity index is 1.78. The lowest BCUT2D eigenvalue weighted by molar-refractivity contribution is 0.0924. The second-order valence-corrected chi connectivity index (χ2v) is 4.67. The van der Waals surface area contributed by atoms with E-state index in [1.165, 1.54) is 12.3 Å². The molecule has 0 radical (unpaired) electrons. The van der Waals surface area contributed by atoms with E-state index in [2.05, 4.69) is 10.3 Å². The van der Waals surface area contributed by atoms with E-state index in [0.29, 0.717) is 10.9 Å². The topological polar surface area (TPSA) is 97.1 Å². The van der Waals surface area contributed by atoms with Crippen LogP contribution in [0.5, 0.6) is 0 Å². The summed E-state index contributed by atoms with van der Waals surface area (Å²) in [6.07, 6.45) is 1.40. The van der Waals surface area contributed by atoms with Gasteiger partial charge in [0, 0.05) is 13.1 Å². The number of H-pyrrole nitrogens is 1. The zero-order valence-corrected chi connectivity index (χ0v) is 11.5. The summed E-state index contributed by atoms with van der Waals surface area (Å²) in [7, 11) is 0. The van der Waals surface area contributed by atoms with Crippen LogP contribution < -0.4 is 16.6 Å². The Hall–Kier alpha value is -3.09. The Morgan fingerprint density at radius 2 is 2.00 bits per heavy atom. The first-order chi connectivity index (χ1) is 10.7. The van der Waals surface area contributed by atoms with E-state index >= 15 is 0 Å². The van der Waals surface area contributed by atoms with Gasteiger partial charge in [-0.05, 0) is 24.3 Å². The SMILES string of the molecule is O=C(NCCn1c(=O)[nH]c2ccccc2c1=O)c1ccco1. The van der Waals surface area contributed by atoms with Gasteiger partial charge in [-0.1, -0.05) is 12.1 Å². The Bertz CT molecular complexity index is 922. The van der Waals surface area contributed by atoms with Crippen molar-refractivity contribution in [2.75, 3.05) is 6.54 Å². The van der Waals surface area contributed by atoms with Crippen LogP contribution in [0.1, 0.15) is 10.6 Å². The molecule has 0 aliphatic carbocycles. The highest BCUT2D eigenvalue weighted by molar-refractivity contribution is 5.91. The first-order valence-corrected chi connectivity index (χ1v) is 6.70. The summed E-state index contributed by atoms with van der Waals surface area (Å²) in [5.74, 6) is -0.213. The van der Waals surface area contributed by atoms with Crippen molar-refractivity contribution in [3.05, 3.63) is 69.3 Å². The number of para-hydroxylation sites is 1. The van der Waals surface area contributed by atoms with E-state index in [0.717, 1.165) is 4.57 Å². The molecule has 112 valence electrons. The molecule has 0 aliphatic heterocycles. The molecule has 0 spiro atoms. The zero-order chi connectivity index (χ0) is 15.5. The molecule has 0 bridgehead atoms. The maximum atomic E-state index is 12.3. The van der Waals surface area contributed by atoms with E-state index in [4.69, 9.17) is 4.42 Å². The zero-order valence-electron chi connectivity index (χ0n) is 11.5. The van der Waals surface area contributed by atoms with Gasteiger partial charge in [-0.15, -0.1) is 0 Å². The molecule has 1 aromatic carbocycles. The van der Waals surface area contributed by atoms with E-state index < -0.39 is 11.6 Å². The summed E-state index contributed by atoms with van der Waals surface area (Å²) < 4.78 is 6.01. The molecule has 2 aromatic heterocycles. The number of nitrogens with one attached hydrogen (secondary N) is 2. The van der Waals surface area contributed by atoms with Crippen LogP contribution in [0, 0.1) is 0 Å². The van der Waals surface area contributed by atoms with E-state index in [9.17, 15) is 14.4 Å². The van der Waals surface area contributed by atoms with Gasteiger partial charge < -0.3 is 14.7 Å². The van der Waals surface area contributed by atoms with Crippen LogP contribution in [0.2, 0.25) is 0 Å². The minimum atomic E-state index is -0.504. The molecular weight excluding hydrogens is 286 g/mol. The summed E-state index contributed by atoms with van der Waals surface area (Å²) in [4.78, 5) is 38.5. The maximum Gasteiger partial charge on any atom is 0.328 e. The molecule has 7 heteroatoms. The van der Waals surface area contributed by atoms with Gasteiger partial charge in [-0.2, -0.15) is 0 Å². The smallest absolute Gasteiger partial charge is 0.328 e. The van der Waals surface area contributed by atoms with E-state index in [1.54, 1.807) is 30.3 Å². The quantitative estimate of drug-likeness (QED) is 0.741. The number of furan rings is 1. The van der Waals surface area contributed by atoms with Gasteiger partial charge in [0.05, 0.1) is 17.2 Å². The van der Waals surface area contributed by atoms with Gasteiger partial charge in [0.15, 0.2) is 5.76 Å². The Morgan fingerprint density at radius 1 is 1.18 bits per heavy atom. The monoisotopic (exact) mass is 299 g/mol. The highest BCUT2D eigenvalue weighted by Gasteiger charge is 2.09. The molecule has 22 heavy (non-hydrogen) atoms. The van der Waals surface area contributed by atoms with Gasteiger partial charge in [-0.3, -0.25) is 14.2 Å². The number of rotatable bonds is 4. The van der Waals surface area contributed by atoms with Gasteiger partial charge in [-0.25, -0.2) is 4.79 Å². The minimum Gasteiger partial charge on any atom is -0.459 e. The Morgan fingerprint density at radius 3 is 2.77 bits per heavy atom. The van der Waals surface area contributed by atoms with Gasteiger partial charge in [0.1, 0.15) is 0 Å². The highest BCUT2D eigenvalue weighted by Crippen LogP contribution is 2.02. The average Bonchev–Trinajstić information content (AvgIpc) is 3.05. The fourth-order valence-corrected chi connectivity index (χ4v) is 2.18. The van der Waals surface area contributed by atoms with Crippen LogP contribution in [-0.4, -0.2) is 22.0 Å². The fourth-order valence-electron chi connectivity index (χ4n) is 2.18. The highest BCUT2D eigenvalue weighted by atomic mass is 16.3. The predicted molar refractivity (Wildman–Crippen MR) is 79.9 cm³/mol. The number of aromatic nitrogens is 2. The third-order valence-electron chi connectivity index (χ3n) is 3.26. The molecule has 2 N–H and O–H groups in total. The lowest BCUT2D eigenvalue weighted by Gasteiger charge is -2.07. The lowest BCUT2D eigenvalue weighted by atomic mass is 10.2. The number of hydrogen-bond acceptors (Lipinski definition) is 4. The fraction of sp³-hybridized carbons (Fsp3) is 0.133. The van der Waals surface area contributed by atoms with Crippen molar-refractivity contribution in [1.82, 2.24) is 14.9 Å². The number of carbonyl (C=O) groups excluding carboxylic acids is 1. The standard InChI is InChI=1S/C15H13N3O4/c19-13(12-6-3-9-22-12)16-7-8-18-14(20)10-4-1-2-5-11(10)17-15(18)21/h1-6,9H,7-8H2,(H,16,19)(H,17,21). The molecule has 2 heterocycles. The number of carbonyl (C=O) groups is 1. The van der Waals surface area contributed by atoms with Crippen molar-refractivity contribution in [3.63, 3.8) is 0 Å². The van der Waals surface area contributed by atoms with Gasteiger partial charge in [0.25, 0.3) is 11.5 Å². The number of nitrogens with zero attached hydrogens (tertiary/aromatic N) is 1. The Kier molecular flexibility index (Phi) is 3.61. The van der Waals surface area contributed by atoms with Crippen LogP contribution >= 0.6 is 0 Å². The molecule has 0 unspecified atom stereocenters. The molecule has 0 atom stereocenters. The summed E-state index contributed by atoms with van der Waals surface area (Å²) in [6, 6.07) is 9.92. The van der Waals surface area contributed by atoms with Crippen LogP contribution in [0.4, 0.5) is 0 Å². The van der Waals surface area contributed by atoms with Crippen molar-refractivity contribution < 1.29 is 9.21 Å². The number of amides is 1. The molecule has 0 saturated carbocycles. The first-order valence-electron chi connectivity index (χ1n) is 6.70. The number of fused-ring (bicyclic) bond motifs is 1. The maximum absolute atomic E-state index is 12.3. The van der Waals surface area contributed by atoms with Crippen LogP contribution in [-0.2, 0) is 6.54 Å². The first kappa shape index (κ1) is 13.9. The molecular formula is C15H13N3O4. The third kappa shape index (κ3) is 2.56. The summed E-state index contributed by atoms with van der Waals surface area (Å²) in [6.45, 7) is 0.215. The number of aromatic amines is 1. The summed E-state index contributed by atoms with van der Waals surface area (Å²) in [5, 5.41) is 3.02. The number of benzene rings is 1. The predicted octanol–water partition coefficient (Wildman–Crippen LogP) is 0.713. The Labute approximate surface area is 124 Å². The third-order valence-corrected chi connectivity index (χ3v) is 3.26. The normalized spacial score (nSPS) is 10.7. The van der Waals surface area contributed by atoms with Crippen LogP contribution in [0.25, 0.3) is 10.9 Å². The number of hydrogen-bond donors (Lipinski definition) is 2. The largest absolute Gasteiger partial charge is 0.459 e. The van der Waals surface area contributed by atoms with Crippen molar-refractivity contribution in [3.8, 4) is 0 Å². The second kappa shape index (κ2) is 5.72. The van der Waals surface area contributed by atoms with E-state index in [-0.39, 0.29) is 24.4 Å². The molecule has 0 saturated heterocycles. The van der Waals surface area contributed by atoms with E-state index in [1.807, 2.05) is 0 Å². The molecule has 0 fully saturated rings. The van der Waals surface area contributed by atoms with Crippen LogP contribution in [0.15, 0.2) is 56.7 Å². The molecule has 1 amide bonds. The molecule has 3 rings (SSSR count). The van der Waals surface area contributed by atoms with Crippen molar-refractivity contribution >= 4 is 16.8 Å². The molecule has 3 aromatic rings. The van der Waals surface area contributed by atoms with Crippen molar-refractivity contribution in [2.24, 2.45) is 0 Å². The van der Waals surface area contributed by atoms with Gasteiger partial charge >= 0.3 is 5.69 Å². The van der Waals surface area contributed by atoms with Crippen LogP contribution in [0.3, 0.4) is 0 Å². The van der Waals surface area contributed by atoms with Crippen molar-refractivity contribution in [1.29, 1.82) is 0 Å². The summed E-state index contributed by atoms with van der Waals surface area (Å²) in [5.41, 5.74) is -0.393. The summed E-state index contributed by atoms with van der Waals surface area (Å²) >= 11 is 0. The van der Waals surface area contributed by atoms with Crippen molar-refractivity contribution in [2.45, 2.75) is 6.54 Å².